The Bertz CT molecular complexity index is 4880. The summed E-state index contributed by atoms with van der Waals surface area (Å²) >= 11 is 11.5. The molecule has 0 radical (unpaired) electrons. The monoisotopic (exact) mass is 1800 g/mol. The first-order chi connectivity index (χ1) is 58.2. The quantitative estimate of drug-likeness (QED) is 0.0397. The summed E-state index contributed by atoms with van der Waals surface area (Å²) in [5.41, 5.74) is -7.76. The molecule has 13 rings (SSSR count). The number of halogens is 8. The van der Waals surface area contributed by atoms with Crippen LogP contribution in [0.1, 0.15) is 5.82 Å². The highest BCUT2D eigenvalue weighted by Gasteiger charge is 2.71. The molecule has 0 bridgehead atoms. The third kappa shape index (κ3) is 17.2. The normalized spacial score (nSPS) is 37.3. The van der Waals surface area contributed by atoms with Crippen LogP contribution in [0.3, 0.4) is 0 Å². The number of H-pyrrole nitrogens is 1. The molecule has 24 N–H and O–H groups in total. The predicted molar refractivity (Wildman–Crippen MR) is 410 cm³/mol. The van der Waals surface area contributed by atoms with Gasteiger partial charge in [0.05, 0.1) is 51.4 Å². The number of ether oxygens (including phenoxy) is 6. The van der Waals surface area contributed by atoms with E-state index in [-0.39, 0.29) is 63.7 Å². The molecule has 2 aromatic heterocycles. The van der Waals surface area contributed by atoms with E-state index in [1.54, 1.807) is 19.1 Å². The molecule has 11 aliphatic heterocycles. The third-order valence-corrected chi connectivity index (χ3v) is 21.7. The maximum atomic E-state index is 14.6. The maximum Gasteiger partial charge on any atom is 0.320 e. The number of hydrogen-bond donors (Lipinski definition) is 22. The zero-order valence-electron chi connectivity index (χ0n) is 64.7. The number of imidazole rings is 1. The predicted octanol–water partition coefficient (Wildman–Crippen LogP) is -8.20. The molecule has 52 heteroatoms. The number of amidine groups is 2. The van der Waals surface area contributed by atoms with Crippen molar-refractivity contribution in [1.82, 2.24) is 60.0 Å². The Morgan fingerprint density at radius 2 is 1.02 bits per heavy atom. The van der Waals surface area contributed by atoms with Gasteiger partial charge in [-0.15, -0.1) is 36.0 Å². The number of amides is 3. The number of aromatic amines is 1. The number of alkyl halides is 8. The summed E-state index contributed by atoms with van der Waals surface area (Å²) in [4.78, 5) is 68.9. The van der Waals surface area contributed by atoms with Crippen molar-refractivity contribution < 1.29 is 151 Å². The van der Waals surface area contributed by atoms with Gasteiger partial charge in [-0.25, -0.2) is 37.5 Å². The molecule has 0 aromatic carbocycles. The number of fused-ring (bicyclic) bond motifs is 1. The van der Waals surface area contributed by atoms with Crippen molar-refractivity contribution in [1.29, 1.82) is 10.5 Å². The lowest BCUT2D eigenvalue weighted by Crippen LogP contribution is -2.56. The minimum absolute atomic E-state index is 0.0297. The zero-order valence-corrected chi connectivity index (χ0v) is 66.2. The molecule has 6 fully saturated rings. The molecule has 0 unspecified atom stereocenters. The number of hydrogen-bond acceptors (Lipinski definition) is 39. The second-order valence-corrected chi connectivity index (χ2v) is 29.0. The largest absolute Gasteiger partial charge is 0.394 e. The van der Waals surface area contributed by atoms with Crippen molar-refractivity contribution in [2.75, 3.05) is 71.4 Å². The van der Waals surface area contributed by atoms with Crippen molar-refractivity contribution in [3.05, 3.63) is 146 Å². The van der Waals surface area contributed by atoms with E-state index in [9.17, 15) is 128 Å². The lowest BCUT2D eigenvalue weighted by molar-refractivity contribution is -0.176. The Hall–Kier alpha value is -10.5. The van der Waals surface area contributed by atoms with Gasteiger partial charge in [-0.1, -0.05) is 38.8 Å². The highest BCUT2D eigenvalue weighted by molar-refractivity contribution is 6.19. The lowest BCUT2D eigenvalue weighted by atomic mass is 9.87. The standard InChI is InChI=1S/C13H15ClN2O5.C13H13FN4O4.C12H15FN4O4.C12H14FN3O5.C11H16ClN3O4.C11H13F3N2O4/c1-3-13(20)10(19)12(6-14,7-17)21-11(13)16-5-4-9(18)15-8(16)2;1-3-13(10(14)9(20)7(4-19)22-13)18-5-15-8-11(18)16-6(2)17-12(8)21;1-7-16-8(15)2-3-17(7)12(5-14)10(20)9(19)11(4-13,6-18)21-12;1-7-15-8(18)2-3-16(7)12(5-14)10(20)9(19)11(4-13,6-17)21-12;1-6-14-7(13)2-3-15(6)10-8(17)9(18)11(4-12,5-16)19-10;1-6-15-7(18)2-3-16(6)9-11(13,14)8(19)10(4-12,5-17)20-9/h1,4-5,10-11,17,19-20H,2,6-7H2,(H,15,18);1,5,7,9-10,19-20H,4H2,2H3,(H,16,17,21);2-3,9-10,18-20H,1,4,6H2,(H2,15,16);2-3,9-10,17,19-20H,1,4,6H2,(H,15,18);2-3,8-10,16-18H,1,4-5H2,(H2,13,14);2-3,8-9,17,19H,1,4-5H2,(H,15,18)/t10-,11-,12-,13-;7-,9-,10-,13-;2*9-,10+,11+,12+;8-,9+,10-,11-;8-,9-,10-/m110011/s1. The van der Waals surface area contributed by atoms with Gasteiger partial charge >= 0.3 is 5.92 Å². The number of rotatable bonds is 17. The van der Waals surface area contributed by atoms with Gasteiger partial charge in [-0.2, -0.15) is 19.3 Å². The molecule has 124 heavy (non-hydrogen) atoms. The van der Waals surface area contributed by atoms with E-state index >= 15 is 0 Å². The number of aliphatic hydroxyl groups excluding tert-OH is 15. The summed E-state index contributed by atoms with van der Waals surface area (Å²) in [6.45, 7) is 10.5. The van der Waals surface area contributed by atoms with E-state index in [4.69, 9.17) is 86.2 Å². The molecule has 0 saturated carbocycles. The van der Waals surface area contributed by atoms with Crippen molar-refractivity contribution >= 4 is 63.8 Å². The van der Waals surface area contributed by atoms with Crippen LogP contribution in [0.5, 0.6) is 0 Å². The molecule has 13 heterocycles. The summed E-state index contributed by atoms with van der Waals surface area (Å²) in [5.74, 6) is -0.824. The molecular weight excluding hydrogens is 1720 g/mol. The van der Waals surface area contributed by atoms with Gasteiger partial charge in [0.15, 0.2) is 58.3 Å². The van der Waals surface area contributed by atoms with Crippen LogP contribution in [-0.4, -0.2) is 363 Å². The number of nitrogens with zero attached hydrogens (tertiary/aromatic N) is 12. The third-order valence-electron chi connectivity index (χ3n) is 20.8. The van der Waals surface area contributed by atoms with Crippen LogP contribution >= 0.6 is 23.2 Å². The van der Waals surface area contributed by atoms with Crippen LogP contribution in [0.15, 0.2) is 144 Å². The summed E-state index contributed by atoms with van der Waals surface area (Å²) in [6, 6.07) is 3.34. The second-order valence-electron chi connectivity index (χ2n) is 28.5. The van der Waals surface area contributed by atoms with E-state index < -0.39 is 226 Å². The topological polar surface area (TPSA) is 670 Å². The van der Waals surface area contributed by atoms with Gasteiger partial charge in [-0.05, 0) is 25.0 Å². The van der Waals surface area contributed by atoms with E-state index in [0.717, 1.165) is 50.1 Å². The minimum atomic E-state index is -3.87. The number of nitrogens with one attached hydrogen (secondary N) is 4. The van der Waals surface area contributed by atoms with Gasteiger partial charge in [0, 0.05) is 49.2 Å². The minimum Gasteiger partial charge on any atom is -0.394 e. The van der Waals surface area contributed by atoms with Gasteiger partial charge in [0.2, 0.25) is 12.0 Å². The van der Waals surface area contributed by atoms with Gasteiger partial charge in [0.1, 0.15) is 151 Å². The van der Waals surface area contributed by atoms with Crippen LogP contribution in [0, 0.1) is 54.3 Å². The number of aliphatic hydroxyl groups is 16. The molecule has 3 amide bonds. The average molecular weight is 1800 g/mol. The van der Waals surface area contributed by atoms with Crippen LogP contribution in [0.25, 0.3) is 11.2 Å². The molecule has 0 spiro atoms. The van der Waals surface area contributed by atoms with Crippen molar-refractivity contribution in [3.63, 3.8) is 0 Å². The van der Waals surface area contributed by atoms with Crippen LogP contribution in [-0.2, 0) is 48.5 Å². The van der Waals surface area contributed by atoms with Gasteiger partial charge in [0.25, 0.3) is 34.7 Å². The number of aromatic nitrogens is 4. The molecule has 0 aliphatic carbocycles. The van der Waals surface area contributed by atoms with E-state index in [1.807, 2.05) is 0 Å². The maximum absolute atomic E-state index is 14.6. The van der Waals surface area contributed by atoms with Crippen LogP contribution in [0.4, 0.5) is 26.3 Å². The Kier molecular flexibility index (Phi) is 30.4. The number of aryl methyl sites for hydroxylation is 1. The fourth-order valence-corrected chi connectivity index (χ4v) is 14.3. The van der Waals surface area contributed by atoms with E-state index in [0.29, 0.717) is 5.82 Å². The molecule has 23 atom stereocenters. The summed E-state index contributed by atoms with van der Waals surface area (Å²) in [6.07, 6.45) is 0.929. The summed E-state index contributed by atoms with van der Waals surface area (Å²) in [5, 5.41) is 182. The summed E-state index contributed by atoms with van der Waals surface area (Å²) < 4.78 is 115. The average Bonchev–Trinajstić information content (AvgIpc) is 1.59. The number of carbonyl (C=O) groups excluding carboxylic acids is 3. The molecule has 44 nitrogen and oxygen atoms in total. The Morgan fingerprint density at radius 1 is 0.565 bits per heavy atom. The highest BCUT2D eigenvalue weighted by Crippen LogP contribution is 2.49. The highest BCUT2D eigenvalue weighted by atomic mass is 35.5. The first kappa shape index (κ1) is 98.9. The van der Waals surface area contributed by atoms with Gasteiger partial charge in [-0.3, -0.25) is 33.5 Å². The van der Waals surface area contributed by atoms with Crippen molar-refractivity contribution in [3.8, 4) is 36.8 Å². The second kappa shape index (κ2) is 38.1. The number of carbonyl (C=O) groups is 3. The van der Waals surface area contributed by atoms with E-state index in [1.165, 1.54) is 46.6 Å². The Morgan fingerprint density at radius 3 is 1.42 bits per heavy atom. The van der Waals surface area contributed by atoms with Crippen LogP contribution < -0.4 is 33.0 Å². The summed E-state index contributed by atoms with van der Waals surface area (Å²) in [7, 11) is 0. The fourth-order valence-electron chi connectivity index (χ4n) is 13.7. The first-order valence-electron chi connectivity index (χ1n) is 35.8. The van der Waals surface area contributed by atoms with Crippen molar-refractivity contribution in [2.24, 2.45) is 21.5 Å². The van der Waals surface area contributed by atoms with Crippen molar-refractivity contribution in [2.45, 2.75) is 150 Å². The smallest absolute Gasteiger partial charge is 0.320 e. The van der Waals surface area contributed by atoms with Crippen LogP contribution in [0.2, 0.25) is 0 Å². The molecule has 11 aliphatic rings. The number of nitriles is 2. The number of aliphatic imine (C=N–C) groups is 2. The number of terminal acetylenes is 2. The molecule has 2 aromatic rings. The van der Waals surface area contributed by atoms with Gasteiger partial charge < -0.3 is 157 Å². The zero-order chi connectivity index (χ0) is 92.9. The first-order valence-corrected chi connectivity index (χ1v) is 36.9. The number of nitrogens with two attached hydrogens (primary N) is 2. The lowest BCUT2D eigenvalue weighted by Gasteiger charge is -2.39. The fraction of sp³-hybridized carbons (Fsp3) is 0.500. The van der Waals surface area contributed by atoms with E-state index in [2.05, 4.69) is 85.6 Å². The Balaban J connectivity index is 0.000000185. The molecule has 676 valence electrons. The molecular formula is C72H86Cl2F6N18O26. The SMILES string of the molecule is C#C[C@@]1(O)[C@H](O)[C@](CO)(CCl)O[C@H]1N1C=CC(=O)NC1=C.C#C[C@@]1(n2cnc3c(=O)[nH]c(C)nc32)O[C@H](CO)[C@@H](O)[C@H]1F.C=C1N=C(N)C=CN1[C@@H]1O[C@@](CO)(CCl)[C@@H](O)[C@H]1O.C=C1N=C(N)C=CN1[C@]1(C#N)O[C@@](CO)(CF)[C@@H](O)[C@H]1O.C=C1NC(=O)C=CN1[C@@H]1O[C@@](CO)(CF)[C@@H](O)C1(F)F.C=C1NC(=O)C=CN1[C@]1(C#N)O[C@@](CO)(CF)[C@@H](O)[C@H]1O. The Labute approximate surface area is 707 Å². The molecule has 6 saturated heterocycles.